The number of rotatable bonds is 8. The van der Waals surface area contributed by atoms with Crippen LogP contribution in [0.1, 0.15) is 68.6 Å². The van der Waals surface area contributed by atoms with Gasteiger partial charge in [0.1, 0.15) is 17.3 Å². The topological polar surface area (TPSA) is 128 Å². The fourth-order valence-corrected chi connectivity index (χ4v) is 6.58. The van der Waals surface area contributed by atoms with Gasteiger partial charge in [0.05, 0.1) is 25.3 Å². The number of amides is 3. The molecule has 1 N–H and O–H groups in total. The van der Waals surface area contributed by atoms with E-state index in [0.717, 1.165) is 30.6 Å². The van der Waals surface area contributed by atoms with Crippen molar-refractivity contribution < 1.29 is 18.8 Å². The van der Waals surface area contributed by atoms with Gasteiger partial charge in [-0.2, -0.15) is 0 Å². The molecule has 3 aromatic rings. The predicted molar refractivity (Wildman–Crippen MR) is 175 cm³/mol. The molecule has 5 rings (SSSR count). The first-order chi connectivity index (χ1) is 21.3. The molecule has 3 amide bonds. The second-order valence-electron chi connectivity index (χ2n) is 13.8. The molecule has 45 heavy (non-hydrogen) atoms. The van der Waals surface area contributed by atoms with Crippen LogP contribution in [0.25, 0.3) is 11.5 Å². The summed E-state index contributed by atoms with van der Waals surface area (Å²) < 4.78 is 13.7. The number of carbonyl (C=O) groups is 2. The third kappa shape index (κ3) is 7.04. The molecule has 13 heteroatoms. The number of likely N-dealkylation sites (tertiary alicyclic amines) is 1. The SMILES string of the molecule is COc1cc2c(cc1C(=O)Nc1cccc(-c3nnnn3[C@H](C)CO[Si](C)(C)C(C)(C)C)n1)CN(C(=O)N1CC[C@@H](C)C1)CC2. The molecule has 0 bridgehead atoms. The van der Waals surface area contributed by atoms with Crippen molar-refractivity contribution in [1.29, 1.82) is 0 Å². The Hall–Kier alpha value is -3.84. The Morgan fingerprint density at radius 3 is 2.60 bits per heavy atom. The van der Waals surface area contributed by atoms with Crippen molar-refractivity contribution in [3.8, 4) is 17.3 Å². The van der Waals surface area contributed by atoms with E-state index in [-0.39, 0.29) is 23.0 Å². The minimum atomic E-state index is -1.95. The van der Waals surface area contributed by atoms with Crippen molar-refractivity contribution >= 4 is 26.1 Å². The lowest BCUT2D eigenvalue weighted by atomic mass is 9.96. The van der Waals surface area contributed by atoms with E-state index >= 15 is 0 Å². The highest BCUT2D eigenvalue weighted by Crippen LogP contribution is 2.37. The summed E-state index contributed by atoms with van der Waals surface area (Å²) in [6.07, 6.45) is 1.74. The van der Waals surface area contributed by atoms with E-state index in [9.17, 15) is 9.59 Å². The number of pyridine rings is 1. The number of hydrogen-bond donors (Lipinski definition) is 1. The molecule has 2 atom stereocenters. The first-order valence-electron chi connectivity index (χ1n) is 15.7. The van der Waals surface area contributed by atoms with E-state index in [0.29, 0.717) is 60.7 Å². The minimum Gasteiger partial charge on any atom is -0.496 e. The maximum Gasteiger partial charge on any atom is 0.320 e. The van der Waals surface area contributed by atoms with Gasteiger partial charge in [0.2, 0.25) is 5.82 Å². The summed E-state index contributed by atoms with van der Waals surface area (Å²) in [4.78, 5) is 35.3. The van der Waals surface area contributed by atoms with Gasteiger partial charge in [-0.05, 0) is 89.6 Å². The second-order valence-corrected chi connectivity index (χ2v) is 18.7. The molecule has 0 aliphatic carbocycles. The summed E-state index contributed by atoms with van der Waals surface area (Å²) >= 11 is 0. The molecule has 4 heterocycles. The zero-order valence-electron chi connectivity index (χ0n) is 27.8. The summed E-state index contributed by atoms with van der Waals surface area (Å²) in [5, 5.41) is 15.4. The summed E-state index contributed by atoms with van der Waals surface area (Å²) in [7, 11) is -0.393. The zero-order chi connectivity index (χ0) is 32.5. The highest BCUT2D eigenvalue weighted by molar-refractivity contribution is 6.74. The van der Waals surface area contributed by atoms with E-state index in [1.807, 2.05) is 34.9 Å². The lowest BCUT2D eigenvalue weighted by molar-refractivity contribution is 0.102. The van der Waals surface area contributed by atoms with Crippen LogP contribution < -0.4 is 10.1 Å². The molecular formula is C32H46N8O4Si. The molecule has 1 aromatic carbocycles. The quantitative estimate of drug-likeness (QED) is 0.327. The molecule has 0 spiro atoms. The van der Waals surface area contributed by atoms with Crippen LogP contribution in [0.5, 0.6) is 5.75 Å². The Kier molecular flexibility index (Phi) is 9.31. The molecule has 12 nitrogen and oxygen atoms in total. The van der Waals surface area contributed by atoms with Crippen LogP contribution in [0.4, 0.5) is 10.6 Å². The number of fused-ring (bicyclic) bond motifs is 1. The Labute approximate surface area is 266 Å². The zero-order valence-corrected chi connectivity index (χ0v) is 28.8. The van der Waals surface area contributed by atoms with Crippen molar-refractivity contribution in [3.05, 3.63) is 47.0 Å². The van der Waals surface area contributed by atoms with Crippen molar-refractivity contribution in [2.24, 2.45) is 5.92 Å². The standard InChI is InChI=1S/C32H46N8O4Si/c1-21-12-14-38(18-21)31(42)39-15-13-23-17-27(43-6)25(16-24(23)19-39)30(41)34-28-11-9-10-26(33-28)29-35-36-37-40(29)22(2)20-44-45(7,8)32(3,4)5/h9-11,16-17,21-22H,12-15,18-20H2,1-8H3,(H,33,34,41)/t21-,22-/m1/s1. The van der Waals surface area contributed by atoms with Gasteiger partial charge in [-0.1, -0.05) is 33.8 Å². The van der Waals surface area contributed by atoms with Crippen molar-refractivity contribution in [3.63, 3.8) is 0 Å². The number of hydrogen-bond acceptors (Lipinski definition) is 8. The van der Waals surface area contributed by atoms with Crippen LogP contribution in [0.3, 0.4) is 0 Å². The third-order valence-corrected chi connectivity index (χ3v) is 13.9. The molecule has 2 aliphatic heterocycles. The van der Waals surface area contributed by atoms with Gasteiger partial charge in [-0.15, -0.1) is 5.10 Å². The molecule has 2 aliphatic rings. The maximum absolute atomic E-state index is 13.6. The monoisotopic (exact) mass is 634 g/mol. The van der Waals surface area contributed by atoms with Crippen LogP contribution in [-0.4, -0.2) is 88.6 Å². The van der Waals surface area contributed by atoms with Crippen LogP contribution in [-0.2, 0) is 17.4 Å². The number of methoxy groups -OCH3 is 1. The third-order valence-electron chi connectivity index (χ3n) is 9.37. The normalized spacial score (nSPS) is 17.6. The van der Waals surface area contributed by atoms with Crippen LogP contribution in [0.2, 0.25) is 18.1 Å². The van der Waals surface area contributed by atoms with Gasteiger partial charge in [0.15, 0.2) is 8.32 Å². The minimum absolute atomic E-state index is 0.0658. The number of urea groups is 1. The molecule has 0 radical (unpaired) electrons. The van der Waals surface area contributed by atoms with E-state index < -0.39 is 8.32 Å². The summed E-state index contributed by atoms with van der Waals surface area (Å²) in [5.41, 5.74) is 2.94. The van der Waals surface area contributed by atoms with E-state index in [1.165, 1.54) is 0 Å². The predicted octanol–water partition coefficient (Wildman–Crippen LogP) is 5.40. The average Bonchev–Trinajstić information content (AvgIpc) is 3.68. The molecule has 1 fully saturated rings. The van der Waals surface area contributed by atoms with Gasteiger partial charge in [0, 0.05) is 26.2 Å². The number of nitrogens with one attached hydrogen (secondary N) is 1. The lowest BCUT2D eigenvalue weighted by Crippen LogP contribution is -2.44. The first-order valence-corrected chi connectivity index (χ1v) is 18.6. The molecule has 242 valence electrons. The largest absolute Gasteiger partial charge is 0.496 e. The van der Waals surface area contributed by atoms with Crippen LogP contribution in [0, 0.1) is 5.92 Å². The number of aromatic nitrogens is 5. The Bertz CT molecular complexity index is 1550. The number of nitrogens with zero attached hydrogens (tertiary/aromatic N) is 7. The number of ether oxygens (including phenoxy) is 1. The highest BCUT2D eigenvalue weighted by atomic mass is 28.4. The lowest BCUT2D eigenvalue weighted by Gasteiger charge is -2.36. The van der Waals surface area contributed by atoms with Gasteiger partial charge >= 0.3 is 6.03 Å². The summed E-state index contributed by atoms with van der Waals surface area (Å²) in [5.74, 6) is 1.50. The van der Waals surface area contributed by atoms with Gasteiger partial charge in [-0.25, -0.2) is 14.5 Å². The number of anilines is 1. The highest BCUT2D eigenvalue weighted by Gasteiger charge is 2.37. The van der Waals surface area contributed by atoms with Crippen LogP contribution >= 0.6 is 0 Å². The molecule has 2 aromatic heterocycles. The average molecular weight is 635 g/mol. The summed E-state index contributed by atoms with van der Waals surface area (Å²) in [6, 6.07) is 9.04. The second kappa shape index (κ2) is 12.9. The van der Waals surface area contributed by atoms with Crippen molar-refractivity contribution in [1.82, 2.24) is 35.0 Å². The van der Waals surface area contributed by atoms with Crippen molar-refractivity contribution in [2.75, 3.05) is 38.7 Å². The smallest absolute Gasteiger partial charge is 0.320 e. The molecule has 0 unspecified atom stereocenters. The van der Waals surface area contributed by atoms with Gasteiger partial charge in [0.25, 0.3) is 5.91 Å². The Morgan fingerprint density at radius 1 is 1.13 bits per heavy atom. The van der Waals surface area contributed by atoms with E-state index in [4.69, 9.17) is 9.16 Å². The Morgan fingerprint density at radius 2 is 1.91 bits per heavy atom. The van der Waals surface area contributed by atoms with Gasteiger partial charge in [-0.3, -0.25) is 4.79 Å². The molecule has 1 saturated heterocycles. The Balaban J connectivity index is 1.31. The van der Waals surface area contributed by atoms with Gasteiger partial charge < -0.3 is 24.3 Å². The van der Waals surface area contributed by atoms with Crippen LogP contribution in [0.15, 0.2) is 30.3 Å². The number of tetrazole rings is 1. The number of carbonyl (C=O) groups excluding carboxylic acids is 2. The molecule has 0 saturated carbocycles. The first kappa shape index (κ1) is 32.5. The summed E-state index contributed by atoms with van der Waals surface area (Å²) in [6.45, 7) is 18.4. The van der Waals surface area contributed by atoms with E-state index in [1.54, 1.807) is 23.9 Å². The fraction of sp³-hybridized carbons (Fsp3) is 0.562. The number of benzene rings is 1. The maximum atomic E-state index is 13.6. The molecular weight excluding hydrogens is 588 g/mol. The van der Waals surface area contributed by atoms with E-state index in [2.05, 4.69) is 66.6 Å². The fourth-order valence-electron chi connectivity index (χ4n) is 5.49. The van der Waals surface area contributed by atoms with Crippen molar-refractivity contribution in [2.45, 2.75) is 78.2 Å².